The number of benzene rings is 1. The minimum Gasteiger partial charge on any atom is -0.389 e. The number of terminal acetylenes is 1. The van der Waals surface area contributed by atoms with Crippen molar-refractivity contribution in [2.45, 2.75) is 38.5 Å². The molecule has 0 spiro atoms. The van der Waals surface area contributed by atoms with Gasteiger partial charge in [-0.3, -0.25) is 4.90 Å². The van der Waals surface area contributed by atoms with Crippen LogP contribution in [0.25, 0.3) is 0 Å². The molecule has 1 heterocycles. The minimum absolute atomic E-state index is 0.237. The summed E-state index contributed by atoms with van der Waals surface area (Å²) in [6.07, 6.45) is 7.09. The summed E-state index contributed by atoms with van der Waals surface area (Å²) in [5.74, 6) is 2.41. The zero-order chi connectivity index (χ0) is 16.5. The molecule has 2 atom stereocenters. The van der Waals surface area contributed by atoms with E-state index in [0.29, 0.717) is 6.54 Å². The normalized spacial score (nSPS) is 19.0. The van der Waals surface area contributed by atoms with E-state index in [1.807, 2.05) is 0 Å². The van der Waals surface area contributed by atoms with E-state index in [0.717, 1.165) is 32.5 Å². The second-order valence-corrected chi connectivity index (χ2v) is 6.19. The van der Waals surface area contributed by atoms with E-state index in [9.17, 15) is 5.11 Å². The first-order chi connectivity index (χ1) is 11.2. The standard InChI is InChI=1S/C19H27NO3/c1-3-9-22-15-18(21)13-20(14-19-8-5-10-23-19)12-17-7-4-6-16(2)11-17/h1,4,6-7,11,18-19,21H,5,8-10,12-15H2,2H3/t18-,19+/m1/s1. The molecule has 0 aliphatic carbocycles. The molecule has 126 valence electrons. The van der Waals surface area contributed by atoms with E-state index in [1.54, 1.807) is 0 Å². The molecule has 0 aromatic heterocycles. The van der Waals surface area contributed by atoms with Gasteiger partial charge in [0.05, 0.1) is 18.8 Å². The van der Waals surface area contributed by atoms with Crippen LogP contribution in [0.1, 0.15) is 24.0 Å². The van der Waals surface area contributed by atoms with Crippen molar-refractivity contribution < 1.29 is 14.6 Å². The number of aryl methyl sites for hydroxylation is 1. The molecule has 23 heavy (non-hydrogen) atoms. The molecule has 1 saturated heterocycles. The van der Waals surface area contributed by atoms with Gasteiger partial charge in [-0.1, -0.05) is 35.7 Å². The molecule has 1 fully saturated rings. The van der Waals surface area contributed by atoms with Crippen molar-refractivity contribution in [3.8, 4) is 12.3 Å². The lowest BCUT2D eigenvalue weighted by Gasteiger charge is -2.27. The Hall–Kier alpha value is -1.38. The van der Waals surface area contributed by atoms with Crippen LogP contribution in [-0.2, 0) is 16.0 Å². The molecule has 1 aliphatic heterocycles. The fourth-order valence-corrected chi connectivity index (χ4v) is 2.95. The van der Waals surface area contributed by atoms with E-state index >= 15 is 0 Å². The summed E-state index contributed by atoms with van der Waals surface area (Å²) in [4.78, 5) is 2.24. The van der Waals surface area contributed by atoms with Gasteiger partial charge in [0.1, 0.15) is 6.61 Å². The first-order valence-corrected chi connectivity index (χ1v) is 8.26. The smallest absolute Gasteiger partial charge is 0.107 e. The fourth-order valence-electron chi connectivity index (χ4n) is 2.95. The third-order valence-electron chi connectivity index (χ3n) is 3.94. The Morgan fingerprint density at radius 2 is 2.39 bits per heavy atom. The second-order valence-electron chi connectivity index (χ2n) is 6.19. The van der Waals surface area contributed by atoms with Crippen LogP contribution in [0.2, 0.25) is 0 Å². The number of aliphatic hydroxyl groups excluding tert-OH is 1. The average Bonchev–Trinajstić information content (AvgIpc) is 3.00. The van der Waals surface area contributed by atoms with Crippen molar-refractivity contribution in [2.75, 3.05) is 32.9 Å². The lowest BCUT2D eigenvalue weighted by molar-refractivity contribution is 0.00955. The first-order valence-electron chi connectivity index (χ1n) is 8.26. The third-order valence-corrected chi connectivity index (χ3v) is 3.94. The highest BCUT2D eigenvalue weighted by atomic mass is 16.5. The molecule has 1 N–H and O–H groups in total. The highest BCUT2D eigenvalue weighted by Gasteiger charge is 2.21. The zero-order valence-corrected chi connectivity index (χ0v) is 13.9. The topological polar surface area (TPSA) is 41.9 Å². The highest BCUT2D eigenvalue weighted by Crippen LogP contribution is 2.16. The highest BCUT2D eigenvalue weighted by molar-refractivity contribution is 5.22. The predicted octanol–water partition coefficient (Wildman–Crippen LogP) is 1.99. The molecule has 1 aromatic rings. The zero-order valence-electron chi connectivity index (χ0n) is 13.9. The average molecular weight is 317 g/mol. The van der Waals surface area contributed by atoms with Gasteiger partial charge < -0.3 is 14.6 Å². The van der Waals surface area contributed by atoms with Gasteiger partial charge in [0, 0.05) is 26.2 Å². The van der Waals surface area contributed by atoms with Crippen molar-refractivity contribution in [2.24, 2.45) is 0 Å². The van der Waals surface area contributed by atoms with Gasteiger partial charge in [-0.15, -0.1) is 6.42 Å². The summed E-state index contributed by atoms with van der Waals surface area (Å²) in [6.45, 7) is 5.63. The molecule has 1 aromatic carbocycles. The van der Waals surface area contributed by atoms with E-state index in [2.05, 4.69) is 42.0 Å². The van der Waals surface area contributed by atoms with Crippen LogP contribution in [0, 0.1) is 19.3 Å². The molecular formula is C19H27NO3. The van der Waals surface area contributed by atoms with E-state index in [1.165, 1.54) is 11.1 Å². The molecule has 0 radical (unpaired) electrons. The maximum atomic E-state index is 10.2. The number of nitrogens with zero attached hydrogens (tertiary/aromatic N) is 1. The summed E-state index contributed by atoms with van der Waals surface area (Å²) >= 11 is 0. The lowest BCUT2D eigenvalue weighted by atomic mass is 10.1. The van der Waals surface area contributed by atoms with Gasteiger partial charge in [0.25, 0.3) is 0 Å². The van der Waals surface area contributed by atoms with Gasteiger partial charge in [-0.2, -0.15) is 0 Å². The first kappa shape index (κ1) is 18.0. The Balaban J connectivity index is 1.91. The summed E-state index contributed by atoms with van der Waals surface area (Å²) < 4.78 is 11.0. The van der Waals surface area contributed by atoms with Crippen molar-refractivity contribution in [3.63, 3.8) is 0 Å². The van der Waals surface area contributed by atoms with E-state index < -0.39 is 6.10 Å². The number of hydrogen-bond acceptors (Lipinski definition) is 4. The summed E-state index contributed by atoms with van der Waals surface area (Å²) in [6, 6.07) is 8.47. The van der Waals surface area contributed by atoms with Gasteiger partial charge in [0.15, 0.2) is 0 Å². The lowest BCUT2D eigenvalue weighted by Crippen LogP contribution is -2.39. The van der Waals surface area contributed by atoms with Crippen molar-refractivity contribution in [1.82, 2.24) is 4.90 Å². The molecule has 0 unspecified atom stereocenters. The van der Waals surface area contributed by atoms with Crippen LogP contribution in [0.4, 0.5) is 0 Å². The van der Waals surface area contributed by atoms with Crippen LogP contribution in [0.15, 0.2) is 24.3 Å². The van der Waals surface area contributed by atoms with Crippen LogP contribution in [0.3, 0.4) is 0 Å². The van der Waals surface area contributed by atoms with Gasteiger partial charge in [-0.25, -0.2) is 0 Å². The van der Waals surface area contributed by atoms with E-state index in [4.69, 9.17) is 15.9 Å². The molecule has 4 heteroatoms. The molecule has 0 bridgehead atoms. The van der Waals surface area contributed by atoms with Crippen LogP contribution < -0.4 is 0 Å². The van der Waals surface area contributed by atoms with Crippen LogP contribution in [-0.4, -0.2) is 55.1 Å². The van der Waals surface area contributed by atoms with Crippen molar-refractivity contribution in [1.29, 1.82) is 0 Å². The van der Waals surface area contributed by atoms with Crippen molar-refractivity contribution in [3.05, 3.63) is 35.4 Å². The molecule has 1 aliphatic rings. The van der Waals surface area contributed by atoms with Crippen LogP contribution in [0.5, 0.6) is 0 Å². The van der Waals surface area contributed by atoms with Crippen LogP contribution >= 0.6 is 0 Å². The second kappa shape index (κ2) is 9.69. The summed E-state index contributed by atoms with van der Waals surface area (Å²) in [5, 5.41) is 10.2. The SMILES string of the molecule is C#CCOC[C@H](O)CN(Cc1cccc(C)c1)C[C@@H]1CCCO1. The van der Waals surface area contributed by atoms with Crippen molar-refractivity contribution >= 4 is 0 Å². The Kier molecular flexibility index (Phi) is 7.57. The Labute approximate surface area is 139 Å². The number of hydrogen-bond donors (Lipinski definition) is 1. The maximum absolute atomic E-state index is 10.2. The summed E-state index contributed by atoms with van der Waals surface area (Å²) in [7, 11) is 0. The Morgan fingerprint density at radius 1 is 1.52 bits per heavy atom. The number of ether oxygens (including phenoxy) is 2. The monoisotopic (exact) mass is 317 g/mol. The van der Waals surface area contributed by atoms with Gasteiger partial charge in [-0.05, 0) is 25.3 Å². The fraction of sp³-hybridized carbons (Fsp3) is 0.579. The third kappa shape index (κ3) is 6.72. The predicted molar refractivity (Wildman–Crippen MR) is 91.1 cm³/mol. The molecule has 0 saturated carbocycles. The van der Waals surface area contributed by atoms with Gasteiger partial charge >= 0.3 is 0 Å². The van der Waals surface area contributed by atoms with E-state index in [-0.39, 0.29) is 19.3 Å². The molecule has 2 rings (SSSR count). The Bertz CT molecular complexity index is 506. The van der Waals surface area contributed by atoms with Gasteiger partial charge in [0.2, 0.25) is 0 Å². The molecular weight excluding hydrogens is 290 g/mol. The quantitative estimate of drug-likeness (QED) is 0.559. The number of aliphatic hydroxyl groups is 1. The summed E-state index contributed by atoms with van der Waals surface area (Å²) in [5.41, 5.74) is 2.50. The Morgan fingerprint density at radius 3 is 3.09 bits per heavy atom. The molecule has 4 nitrogen and oxygen atoms in total. The minimum atomic E-state index is -0.547. The number of rotatable bonds is 9. The largest absolute Gasteiger partial charge is 0.389 e. The molecule has 0 amide bonds. The maximum Gasteiger partial charge on any atom is 0.107 e.